The van der Waals surface area contributed by atoms with E-state index in [0.717, 1.165) is 0 Å². The van der Waals surface area contributed by atoms with Crippen LogP contribution >= 0.6 is 0 Å². The normalized spacial score (nSPS) is 26.9. The van der Waals surface area contributed by atoms with Crippen molar-refractivity contribution in [1.82, 2.24) is 19.5 Å². The van der Waals surface area contributed by atoms with Gasteiger partial charge in [-0.2, -0.15) is 0 Å². The van der Waals surface area contributed by atoms with E-state index in [9.17, 15) is 14.3 Å². The Labute approximate surface area is 143 Å². The summed E-state index contributed by atoms with van der Waals surface area (Å²) in [7, 11) is 0. The number of hydrogen-bond donors (Lipinski definition) is 2. The summed E-state index contributed by atoms with van der Waals surface area (Å²) in [5.74, 6) is -0.420. The van der Waals surface area contributed by atoms with Crippen LogP contribution in [0.3, 0.4) is 0 Å². The minimum absolute atomic E-state index is 0.159. The highest BCUT2D eigenvalue weighted by Gasteiger charge is 2.49. The summed E-state index contributed by atoms with van der Waals surface area (Å²) >= 11 is 0. The van der Waals surface area contributed by atoms with Crippen molar-refractivity contribution in [3.8, 4) is 0 Å². The van der Waals surface area contributed by atoms with Gasteiger partial charge in [0.1, 0.15) is 17.9 Å². The number of halogens is 1. The molecule has 9 nitrogen and oxygen atoms in total. The third-order valence-electron chi connectivity index (χ3n) is 3.96. The van der Waals surface area contributed by atoms with E-state index >= 15 is 0 Å². The summed E-state index contributed by atoms with van der Waals surface area (Å²) in [5, 5.41) is 9.49. The van der Waals surface area contributed by atoms with E-state index in [-0.39, 0.29) is 5.82 Å². The first kappa shape index (κ1) is 17.5. The quantitative estimate of drug-likeness (QED) is 0.768. The lowest BCUT2D eigenvalue weighted by atomic mass is 9.97. The number of carbonyl (C=O) groups is 1. The summed E-state index contributed by atoms with van der Waals surface area (Å²) in [5.41, 5.74) is 5.53. The van der Waals surface area contributed by atoms with E-state index in [1.807, 2.05) is 0 Å². The molecule has 0 aliphatic carbocycles. The number of aliphatic hydroxyl groups excluding tert-OH is 1. The second kappa shape index (κ2) is 6.19. The molecule has 4 atom stereocenters. The fourth-order valence-electron chi connectivity index (χ4n) is 2.56. The van der Waals surface area contributed by atoms with Gasteiger partial charge in [0, 0.05) is 0 Å². The van der Waals surface area contributed by atoms with Crippen LogP contribution in [0.15, 0.2) is 12.7 Å². The molecule has 1 fully saturated rings. The summed E-state index contributed by atoms with van der Waals surface area (Å²) in [4.78, 5) is 24.0. The van der Waals surface area contributed by atoms with Gasteiger partial charge in [0.25, 0.3) is 0 Å². The number of nitrogen functional groups attached to an aromatic ring is 1. The molecule has 2 aromatic heterocycles. The molecule has 2 aromatic rings. The molecule has 0 aromatic carbocycles. The number of fused-ring (bicyclic) bond motifs is 1. The number of aromatic nitrogens is 4. The molecule has 1 aliphatic heterocycles. The maximum atomic E-state index is 15.0. The van der Waals surface area contributed by atoms with Crippen molar-refractivity contribution in [2.24, 2.45) is 5.41 Å². The fraction of sp³-hybridized carbons (Fsp3) is 0.600. The number of rotatable bonds is 3. The lowest BCUT2D eigenvalue weighted by molar-refractivity contribution is -0.164. The molecule has 0 radical (unpaired) electrons. The molecule has 0 bridgehead atoms. The first-order valence-electron chi connectivity index (χ1n) is 7.78. The van der Waals surface area contributed by atoms with Crippen LogP contribution < -0.4 is 5.73 Å². The first-order valence-corrected chi connectivity index (χ1v) is 7.78. The molecule has 0 unspecified atom stereocenters. The first-order chi connectivity index (χ1) is 11.7. The molecule has 3 N–H and O–H groups in total. The van der Waals surface area contributed by atoms with Crippen molar-refractivity contribution in [2.45, 2.75) is 45.4 Å². The molecule has 1 saturated heterocycles. The van der Waals surface area contributed by atoms with Crippen molar-refractivity contribution in [1.29, 1.82) is 0 Å². The van der Waals surface area contributed by atoms with E-state index in [4.69, 9.17) is 15.2 Å². The smallest absolute Gasteiger partial charge is 0.311 e. The highest BCUT2D eigenvalue weighted by atomic mass is 19.1. The summed E-state index contributed by atoms with van der Waals surface area (Å²) in [6.07, 6.45) is -2.54. The van der Waals surface area contributed by atoms with Crippen LogP contribution in [0.4, 0.5) is 10.2 Å². The number of ether oxygens (including phenoxy) is 2. The van der Waals surface area contributed by atoms with Gasteiger partial charge in [0.05, 0.1) is 18.3 Å². The maximum Gasteiger partial charge on any atom is 0.311 e. The zero-order valence-electron chi connectivity index (χ0n) is 14.1. The Balaban J connectivity index is 1.91. The van der Waals surface area contributed by atoms with Crippen LogP contribution in [0.5, 0.6) is 0 Å². The Morgan fingerprint density at radius 3 is 2.80 bits per heavy atom. The molecule has 3 heterocycles. The zero-order valence-corrected chi connectivity index (χ0v) is 14.1. The lowest BCUT2D eigenvalue weighted by Crippen LogP contribution is -2.39. The van der Waals surface area contributed by atoms with Crippen molar-refractivity contribution in [3.05, 3.63) is 12.7 Å². The van der Waals surface area contributed by atoms with Crippen LogP contribution in [-0.4, -0.2) is 55.6 Å². The Morgan fingerprint density at radius 1 is 1.44 bits per heavy atom. The van der Waals surface area contributed by atoms with Crippen LogP contribution in [0, 0.1) is 5.41 Å². The molecule has 0 amide bonds. The number of aliphatic hydroxyl groups is 1. The van der Waals surface area contributed by atoms with Gasteiger partial charge in [0.15, 0.2) is 30.0 Å². The SMILES string of the molecule is CC(C)(C)C(=O)O[C@H]1[C@H](F)[C@H](n2cnc3c(N)ncnc32)O[C@@H]1CO. The van der Waals surface area contributed by atoms with Gasteiger partial charge in [-0.3, -0.25) is 9.36 Å². The maximum absolute atomic E-state index is 15.0. The third kappa shape index (κ3) is 3.02. The predicted molar refractivity (Wildman–Crippen MR) is 85.0 cm³/mol. The topological polar surface area (TPSA) is 125 Å². The van der Waals surface area contributed by atoms with Crippen molar-refractivity contribution >= 4 is 23.0 Å². The lowest BCUT2D eigenvalue weighted by Gasteiger charge is -2.23. The zero-order chi connectivity index (χ0) is 18.4. The number of anilines is 1. The number of nitrogens with two attached hydrogens (primary N) is 1. The molecular weight excluding hydrogens is 333 g/mol. The molecular formula is C15H20FN5O4. The molecule has 0 saturated carbocycles. The largest absolute Gasteiger partial charge is 0.456 e. The highest BCUT2D eigenvalue weighted by Crippen LogP contribution is 2.36. The number of hydrogen-bond acceptors (Lipinski definition) is 8. The van der Waals surface area contributed by atoms with Gasteiger partial charge in [-0.25, -0.2) is 19.3 Å². The highest BCUT2D eigenvalue weighted by molar-refractivity contribution is 5.81. The van der Waals surface area contributed by atoms with Crippen LogP contribution in [0.1, 0.15) is 27.0 Å². The number of carbonyl (C=O) groups excluding carboxylic acids is 1. The number of esters is 1. The Morgan fingerprint density at radius 2 is 2.16 bits per heavy atom. The molecule has 136 valence electrons. The Bertz CT molecular complexity index is 790. The van der Waals surface area contributed by atoms with Crippen molar-refractivity contribution < 1.29 is 23.8 Å². The standard InChI is InChI=1S/C15H20FN5O4/c1-15(2,3)14(23)25-10-7(4-22)24-13(8(10)16)21-6-20-9-11(17)18-5-19-12(9)21/h5-8,10,13,22H,4H2,1-3H3,(H2,17,18,19)/t7-,8+,10-,13-/m1/s1. The van der Waals surface area contributed by atoms with Crippen LogP contribution in [-0.2, 0) is 14.3 Å². The minimum Gasteiger partial charge on any atom is -0.456 e. The van der Waals surface area contributed by atoms with Crippen molar-refractivity contribution in [2.75, 3.05) is 12.3 Å². The van der Waals surface area contributed by atoms with Gasteiger partial charge in [-0.05, 0) is 20.8 Å². The van der Waals surface area contributed by atoms with Gasteiger partial charge in [-0.1, -0.05) is 0 Å². The van der Waals surface area contributed by atoms with E-state index in [1.54, 1.807) is 20.8 Å². The number of imidazole rings is 1. The molecule has 25 heavy (non-hydrogen) atoms. The van der Waals surface area contributed by atoms with Gasteiger partial charge in [0.2, 0.25) is 0 Å². The second-order valence-electron chi connectivity index (χ2n) is 6.89. The molecule has 1 aliphatic rings. The summed E-state index contributed by atoms with van der Waals surface area (Å²) in [6, 6.07) is 0. The van der Waals surface area contributed by atoms with Gasteiger partial charge >= 0.3 is 5.97 Å². The monoisotopic (exact) mass is 353 g/mol. The Hall–Kier alpha value is -2.33. The average Bonchev–Trinajstić information content (AvgIpc) is 3.09. The van der Waals surface area contributed by atoms with Gasteiger partial charge in [-0.15, -0.1) is 0 Å². The minimum atomic E-state index is -1.71. The number of alkyl halides is 1. The summed E-state index contributed by atoms with van der Waals surface area (Å²) in [6.45, 7) is 4.48. The molecule has 10 heteroatoms. The fourth-order valence-corrected chi connectivity index (χ4v) is 2.56. The molecule has 3 rings (SSSR count). The average molecular weight is 353 g/mol. The van der Waals surface area contributed by atoms with E-state index in [1.165, 1.54) is 17.2 Å². The van der Waals surface area contributed by atoms with Crippen LogP contribution in [0.25, 0.3) is 11.2 Å². The molecule has 0 spiro atoms. The third-order valence-corrected chi connectivity index (χ3v) is 3.96. The van der Waals surface area contributed by atoms with E-state index in [2.05, 4.69) is 15.0 Å². The van der Waals surface area contributed by atoms with Gasteiger partial charge < -0.3 is 20.3 Å². The predicted octanol–water partition coefficient (Wildman–Crippen LogP) is 0.594. The summed E-state index contributed by atoms with van der Waals surface area (Å²) < 4.78 is 27.2. The van der Waals surface area contributed by atoms with E-state index in [0.29, 0.717) is 11.2 Å². The van der Waals surface area contributed by atoms with E-state index < -0.39 is 42.6 Å². The second-order valence-corrected chi connectivity index (χ2v) is 6.89. The van der Waals surface area contributed by atoms with Crippen LogP contribution in [0.2, 0.25) is 0 Å². The van der Waals surface area contributed by atoms with Crippen molar-refractivity contribution in [3.63, 3.8) is 0 Å². The Kier molecular flexibility index (Phi) is 4.33. The number of nitrogens with zero attached hydrogens (tertiary/aromatic N) is 4.